The molecule has 1 aliphatic rings. The number of rotatable bonds is 5. The molecule has 1 aromatic carbocycles. The van der Waals surface area contributed by atoms with Gasteiger partial charge in [0.15, 0.2) is 0 Å². The summed E-state index contributed by atoms with van der Waals surface area (Å²) in [4.78, 5) is 20.3. The van der Waals surface area contributed by atoms with Crippen molar-refractivity contribution in [2.24, 2.45) is 5.92 Å². The summed E-state index contributed by atoms with van der Waals surface area (Å²) in [5, 5.41) is 6.65. The first kappa shape index (κ1) is 15.6. The van der Waals surface area contributed by atoms with Crippen molar-refractivity contribution in [2.45, 2.75) is 6.42 Å². The molecule has 6 nitrogen and oxygen atoms in total. The minimum absolute atomic E-state index is 0.0171. The van der Waals surface area contributed by atoms with Crippen molar-refractivity contribution in [3.05, 3.63) is 47.4 Å². The molecule has 2 aromatic rings. The van der Waals surface area contributed by atoms with E-state index < -0.39 is 0 Å². The Bertz CT molecular complexity index is 681. The quantitative estimate of drug-likeness (QED) is 0.818. The number of carbonyl (C=O) groups is 1. The van der Waals surface area contributed by atoms with Crippen LogP contribution < -0.4 is 15.4 Å². The number of carbonyl (C=O) groups excluding carboxylic acids is 1. The number of fused-ring (bicyclic) bond motifs is 1. The molecule has 3 rings (SSSR count). The summed E-state index contributed by atoms with van der Waals surface area (Å²) in [7, 11) is 0. The van der Waals surface area contributed by atoms with E-state index in [-0.39, 0.29) is 11.8 Å². The van der Waals surface area contributed by atoms with Gasteiger partial charge in [-0.15, -0.1) is 0 Å². The van der Waals surface area contributed by atoms with Crippen LogP contribution in [0.5, 0.6) is 5.75 Å². The van der Waals surface area contributed by atoms with Gasteiger partial charge in [-0.3, -0.25) is 9.78 Å². The molecule has 23 heavy (non-hydrogen) atoms. The molecule has 1 aliphatic heterocycles. The first-order valence-electron chi connectivity index (χ1n) is 7.41. The maximum atomic E-state index is 12.2. The summed E-state index contributed by atoms with van der Waals surface area (Å²) in [6.07, 6.45) is 5.50. The number of ether oxygens (including phenoxy) is 1. The van der Waals surface area contributed by atoms with Gasteiger partial charge in [0.25, 0.3) is 0 Å². The van der Waals surface area contributed by atoms with E-state index in [1.54, 1.807) is 24.7 Å². The van der Waals surface area contributed by atoms with Crippen molar-refractivity contribution in [2.75, 3.05) is 25.0 Å². The number of halogens is 1. The van der Waals surface area contributed by atoms with E-state index in [2.05, 4.69) is 20.6 Å². The Morgan fingerprint density at radius 2 is 2.26 bits per heavy atom. The van der Waals surface area contributed by atoms with Crippen molar-refractivity contribution in [1.82, 2.24) is 15.3 Å². The first-order chi connectivity index (χ1) is 11.2. The maximum absolute atomic E-state index is 12.2. The molecule has 0 aliphatic carbocycles. The third-order valence-electron chi connectivity index (χ3n) is 3.59. The van der Waals surface area contributed by atoms with Gasteiger partial charge in [-0.2, -0.15) is 0 Å². The highest BCUT2D eigenvalue weighted by atomic mass is 35.5. The minimum atomic E-state index is -0.197. The van der Waals surface area contributed by atoms with E-state index in [1.807, 2.05) is 12.1 Å². The molecule has 0 bridgehead atoms. The zero-order valence-electron chi connectivity index (χ0n) is 12.5. The van der Waals surface area contributed by atoms with Crippen molar-refractivity contribution >= 4 is 23.3 Å². The van der Waals surface area contributed by atoms with Gasteiger partial charge < -0.3 is 15.4 Å². The molecule has 1 aromatic heterocycles. The average molecular weight is 333 g/mol. The van der Waals surface area contributed by atoms with Crippen LogP contribution in [-0.2, 0) is 11.2 Å². The van der Waals surface area contributed by atoms with E-state index in [1.165, 1.54) is 0 Å². The van der Waals surface area contributed by atoms with Crippen molar-refractivity contribution < 1.29 is 9.53 Å². The lowest BCUT2D eigenvalue weighted by Gasteiger charge is -2.24. The topological polar surface area (TPSA) is 76.1 Å². The van der Waals surface area contributed by atoms with Gasteiger partial charge in [0, 0.05) is 30.5 Å². The Morgan fingerprint density at radius 1 is 1.35 bits per heavy atom. The fraction of sp³-hybridized carbons (Fsp3) is 0.312. The molecule has 0 saturated carbocycles. The van der Waals surface area contributed by atoms with Gasteiger partial charge >= 0.3 is 0 Å². The van der Waals surface area contributed by atoms with E-state index in [4.69, 9.17) is 16.3 Å². The summed E-state index contributed by atoms with van der Waals surface area (Å²) < 4.78 is 5.63. The molecule has 0 unspecified atom stereocenters. The van der Waals surface area contributed by atoms with Crippen LogP contribution in [0.4, 0.5) is 5.82 Å². The zero-order valence-corrected chi connectivity index (χ0v) is 13.2. The van der Waals surface area contributed by atoms with Gasteiger partial charge in [0.05, 0.1) is 12.1 Å². The fourth-order valence-corrected chi connectivity index (χ4v) is 2.64. The number of hydrogen-bond donors (Lipinski definition) is 2. The fourth-order valence-electron chi connectivity index (χ4n) is 2.44. The van der Waals surface area contributed by atoms with Crippen LogP contribution in [0, 0.1) is 5.92 Å². The monoisotopic (exact) mass is 332 g/mol. The molecule has 0 spiro atoms. The maximum Gasteiger partial charge on any atom is 0.226 e. The third kappa shape index (κ3) is 4.10. The largest absolute Gasteiger partial charge is 0.492 e. The predicted octanol–water partition coefficient (Wildman–Crippen LogP) is 1.91. The molecule has 0 radical (unpaired) electrons. The highest BCUT2D eigenvalue weighted by Gasteiger charge is 2.25. The van der Waals surface area contributed by atoms with Gasteiger partial charge in [-0.05, 0) is 30.2 Å². The molecule has 0 fully saturated rings. The lowest BCUT2D eigenvalue weighted by molar-refractivity contribution is -0.126. The van der Waals surface area contributed by atoms with Crippen molar-refractivity contribution in [1.29, 1.82) is 0 Å². The van der Waals surface area contributed by atoms with Crippen molar-refractivity contribution in [3.63, 3.8) is 0 Å². The second-order valence-corrected chi connectivity index (χ2v) is 5.71. The second-order valence-electron chi connectivity index (χ2n) is 5.27. The predicted molar refractivity (Wildman–Crippen MR) is 87.7 cm³/mol. The molecule has 1 amide bonds. The molecular weight excluding hydrogens is 316 g/mol. The lowest BCUT2D eigenvalue weighted by atomic mass is 9.96. The third-order valence-corrected chi connectivity index (χ3v) is 3.83. The standard InChI is InChI=1S/C16H17ClN4O2/c17-13-1-2-14-11(8-13)7-12(10-23-14)16(22)21-6-5-20-15-9-18-3-4-19-15/h1-4,8-9,12H,5-7,10H2,(H,19,20)(H,21,22)/t12-/m1/s1. The summed E-state index contributed by atoms with van der Waals surface area (Å²) in [5.41, 5.74) is 0.974. The molecule has 1 atom stereocenters. The Balaban J connectivity index is 1.46. The average Bonchev–Trinajstić information content (AvgIpc) is 2.58. The minimum Gasteiger partial charge on any atom is -0.492 e. The Hall–Kier alpha value is -2.34. The van der Waals surface area contributed by atoms with Crippen LogP contribution in [0.25, 0.3) is 0 Å². The molecule has 2 heterocycles. The SMILES string of the molecule is O=C(NCCNc1cnccn1)[C@H]1COc2ccc(Cl)cc2C1. The number of nitrogens with one attached hydrogen (secondary N) is 2. The van der Waals surface area contributed by atoms with Gasteiger partial charge in [-0.25, -0.2) is 4.98 Å². The number of benzene rings is 1. The van der Waals surface area contributed by atoms with Crippen LogP contribution in [-0.4, -0.2) is 35.6 Å². The van der Waals surface area contributed by atoms with Gasteiger partial charge in [0.1, 0.15) is 18.2 Å². The Kier molecular flexibility index (Phi) is 4.92. The van der Waals surface area contributed by atoms with E-state index in [0.29, 0.717) is 37.0 Å². The molecule has 2 N–H and O–H groups in total. The summed E-state index contributed by atoms with van der Waals surface area (Å²) >= 11 is 5.99. The van der Waals surface area contributed by atoms with Crippen LogP contribution in [0.1, 0.15) is 5.56 Å². The van der Waals surface area contributed by atoms with Crippen molar-refractivity contribution in [3.8, 4) is 5.75 Å². The zero-order chi connectivity index (χ0) is 16.1. The van der Waals surface area contributed by atoms with Crippen LogP contribution in [0.2, 0.25) is 5.02 Å². The number of hydrogen-bond acceptors (Lipinski definition) is 5. The number of nitrogens with zero attached hydrogens (tertiary/aromatic N) is 2. The Morgan fingerprint density at radius 3 is 3.09 bits per heavy atom. The van der Waals surface area contributed by atoms with Gasteiger partial charge in [0.2, 0.25) is 5.91 Å². The highest BCUT2D eigenvalue weighted by molar-refractivity contribution is 6.30. The first-order valence-corrected chi connectivity index (χ1v) is 7.79. The summed E-state index contributed by atoms with van der Waals surface area (Å²) in [5.74, 6) is 1.28. The Labute approximate surface area is 139 Å². The lowest BCUT2D eigenvalue weighted by Crippen LogP contribution is -2.39. The van der Waals surface area contributed by atoms with Crippen LogP contribution >= 0.6 is 11.6 Å². The van der Waals surface area contributed by atoms with Crippen LogP contribution in [0.3, 0.4) is 0 Å². The number of anilines is 1. The smallest absolute Gasteiger partial charge is 0.226 e. The number of amides is 1. The van der Waals surface area contributed by atoms with E-state index in [9.17, 15) is 4.79 Å². The highest BCUT2D eigenvalue weighted by Crippen LogP contribution is 2.29. The molecule has 7 heteroatoms. The van der Waals surface area contributed by atoms with Gasteiger partial charge in [-0.1, -0.05) is 11.6 Å². The van der Waals surface area contributed by atoms with Crippen LogP contribution in [0.15, 0.2) is 36.8 Å². The molecule has 0 saturated heterocycles. The van der Waals surface area contributed by atoms with E-state index >= 15 is 0 Å². The second kappa shape index (κ2) is 7.28. The summed E-state index contributed by atoms with van der Waals surface area (Å²) in [6, 6.07) is 5.49. The summed E-state index contributed by atoms with van der Waals surface area (Å²) in [6.45, 7) is 1.48. The van der Waals surface area contributed by atoms with E-state index in [0.717, 1.165) is 11.3 Å². The molecule has 120 valence electrons. The normalized spacial score (nSPS) is 16.1. The molecular formula is C16H17ClN4O2. The number of aromatic nitrogens is 2.